The number of anilines is 1. The minimum absolute atomic E-state index is 0. The molecule has 0 aliphatic carbocycles. The van der Waals surface area contributed by atoms with Crippen LogP contribution in [0.25, 0.3) is 0 Å². The molecule has 3 rings (SSSR count). The van der Waals surface area contributed by atoms with E-state index in [4.69, 9.17) is 4.42 Å². The van der Waals surface area contributed by atoms with Gasteiger partial charge in [0.05, 0.1) is 6.26 Å². The second kappa shape index (κ2) is 11.7. The number of hydrogen-bond donors (Lipinski definition) is 2. The first kappa shape index (κ1) is 21.3. The van der Waals surface area contributed by atoms with Gasteiger partial charge in [0.2, 0.25) is 0 Å². The summed E-state index contributed by atoms with van der Waals surface area (Å²) in [6, 6.07) is 15.0. The second-order valence-corrected chi connectivity index (χ2v) is 6.47. The largest absolute Gasteiger partial charge is 0.469 e. The summed E-state index contributed by atoms with van der Waals surface area (Å²) < 4.78 is 5.37. The predicted molar refractivity (Wildman–Crippen MR) is 123 cm³/mol. The maximum absolute atomic E-state index is 5.37. The van der Waals surface area contributed by atoms with Crippen LogP contribution in [0.4, 0.5) is 5.69 Å². The normalized spacial score (nSPS) is 15.1. The molecular weight excluding hydrogens is 451 g/mol. The highest BCUT2D eigenvalue weighted by molar-refractivity contribution is 14.0. The first-order chi connectivity index (χ1) is 12.8. The lowest BCUT2D eigenvalue weighted by Crippen LogP contribution is -2.49. The number of aliphatic imine (C=N–C) groups is 1. The summed E-state index contributed by atoms with van der Waals surface area (Å²) in [4.78, 5) is 7.13. The smallest absolute Gasteiger partial charge is 0.191 e. The van der Waals surface area contributed by atoms with Crippen molar-refractivity contribution in [2.75, 3.05) is 31.1 Å². The van der Waals surface area contributed by atoms with Crippen LogP contribution in [0.2, 0.25) is 0 Å². The fraction of sp³-hybridized carbons (Fsp3) is 0.381. The van der Waals surface area contributed by atoms with Gasteiger partial charge in [0.15, 0.2) is 5.96 Å². The van der Waals surface area contributed by atoms with Crippen LogP contribution in [0.1, 0.15) is 18.6 Å². The van der Waals surface area contributed by atoms with E-state index in [-0.39, 0.29) is 24.0 Å². The number of benzene rings is 1. The lowest BCUT2D eigenvalue weighted by Gasteiger charge is -2.34. The highest BCUT2D eigenvalue weighted by Gasteiger charge is 2.20. The van der Waals surface area contributed by atoms with Crippen LogP contribution in [-0.2, 0) is 6.42 Å². The number of nitrogens with one attached hydrogen (secondary N) is 2. The van der Waals surface area contributed by atoms with Crippen molar-refractivity contribution in [2.45, 2.75) is 25.3 Å². The number of rotatable bonds is 7. The van der Waals surface area contributed by atoms with E-state index in [9.17, 15) is 0 Å². The quantitative estimate of drug-likeness (QED) is 0.274. The lowest BCUT2D eigenvalue weighted by molar-refractivity contribution is 0.461. The van der Waals surface area contributed by atoms with E-state index in [2.05, 4.69) is 57.4 Å². The third-order valence-corrected chi connectivity index (χ3v) is 4.58. The van der Waals surface area contributed by atoms with Crippen LogP contribution in [-0.4, -0.2) is 38.2 Å². The molecule has 2 heterocycles. The van der Waals surface area contributed by atoms with Gasteiger partial charge in [0.25, 0.3) is 0 Å². The average Bonchev–Trinajstić information content (AvgIpc) is 3.21. The molecule has 0 spiro atoms. The van der Waals surface area contributed by atoms with Crippen molar-refractivity contribution in [1.29, 1.82) is 0 Å². The standard InChI is InChI=1S/C21H28N4O.HI/c1-2-13-22-21(23-14-10-20-9-6-17-26-20)24-18-11-15-25(16-12-18)19-7-4-3-5-8-19;/h2-9,17-18H,1,10-16H2,(H2,22,23,24);1H. The van der Waals surface area contributed by atoms with E-state index in [1.165, 1.54) is 5.69 Å². The van der Waals surface area contributed by atoms with E-state index in [1.807, 2.05) is 18.2 Å². The predicted octanol–water partition coefficient (Wildman–Crippen LogP) is 3.83. The van der Waals surface area contributed by atoms with Gasteiger partial charge in [0, 0.05) is 44.3 Å². The molecule has 1 saturated heterocycles. The van der Waals surface area contributed by atoms with Crippen LogP contribution >= 0.6 is 24.0 Å². The fourth-order valence-electron chi connectivity index (χ4n) is 3.17. The molecule has 0 saturated carbocycles. The minimum Gasteiger partial charge on any atom is -0.469 e. The monoisotopic (exact) mass is 480 g/mol. The van der Waals surface area contributed by atoms with E-state index in [0.29, 0.717) is 19.1 Å². The van der Waals surface area contributed by atoms with Gasteiger partial charge < -0.3 is 20.0 Å². The Bertz CT molecular complexity index is 679. The average molecular weight is 480 g/mol. The van der Waals surface area contributed by atoms with Crippen molar-refractivity contribution in [3.8, 4) is 0 Å². The zero-order valence-electron chi connectivity index (χ0n) is 15.6. The van der Waals surface area contributed by atoms with Gasteiger partial charge in [-0.25, -0.2) is 0 Å². The number of guanidine groups is 1. The molecule has 2 N–H and O–H groups in total. The lowest BCUT2D eigenvalue weighted by atomic mass is 10.0. The molecule has 0 radical (unpaired) electrons. The Morgan fingerprint density at radius 1 is 1.19 bits per heavy atom. The summed E-state index contributed by atoms with van der Waals surface area (Å²) >= 11 is 0. The molecule has 0 amide bonds. The number of nitrogens with zero attached hydrogens (tertiary/aromatic N) is 2. The molecule has 146 valence electrons. The maximum atomic E-state index is 5.37. The number of furan rings is 1. The number of hydrogen-bond acceptors (Lipinski definition) is 3. The Hall–Kier alpha value is -1.96. The molecule has 6 heteroatoms. The Balaban J connectivity index is 0.00000261. The van der Waals surface area contributed by atoms with Crippen molar-refractivity contribution in [3.05, 3.63) is 67.1 Å². The molecule has 2 aromatic rings. The maximum Gasteiger partial charge on any atom is 0.191 e. The summed E-state index contributed by atoms with van der Waals surface area (Å²) in [7, 11) is 0. The molecule has 1 aromatic carbocycles. The van der Waals surface area contributed by atoms with Crippen LogP contribution in [0.3, 0.4) is 0 Å². The molecule has 1 aromatic heterocycles. The fourth-order valence-corrected chi connectivity index (χ4v) is 3.17. The molecule has 1 fully saturated rings. The third kappa shape index (κ3) is 6.93. The van der Waals surface area contributed by atoms with Gasteiger partial charge >= 0.3 is 0 Å². The number of halogens is 1. The zero-order chi connectivity index (χ0) is 18.0. The molecule has 0 unspecified atom stereocenters. The summed E-state index contributed by atoms with van der Waals surface area (Å²) in [6.45, 7) is 7.29. The number of para-hydroxylation sites is 1. The van der Waals surface area contributed by atoms with Gasteiger partial charge in [-0.05, 0) is 37.1 Å². The first-order valence-corrected chi connectivity index (χ1v) is 9.33. The molecule has 0 bridgehead atoms. The van der Waals surface area contributed by atoms with Crippen molar-refractivity contribution >= 4 is 35.6 Å². The zero-order valence-corrected chi connectivity index (χ0v) is 18.0. The second-order valence-electron chi connectivity index (χ2n) is 6.47. The molecule has 0 atom stereocenters. The van der Waals surface area contributed by atoms with Crippen molar-refractivity contribution in [2.24, 2.45) is 4.99 Å². The molecule has 27 heavy (non-hydrogen) atoms. The minimum atomic E-state index is 0. The summed E-state index contributed by atoms with van der Waals surface area (Å²) in [5.41, 5.74) is 1.31. The van der Waals surface area contributed by atoms with E-state index in [0.717, 1.165) is 44.1 Å². The van der Waals surface area contributed by atoms with Crippen LogP contribution < -0.4 is 15.5 Å². The van der Waals surface area contributed by atoms with Crippen molar-refractivity contribution < 1.29 is 4.42 Å². The van der Waals surface area contributed by atoms with Gasteiger partial charge in [-0.1, -0.05) is 24.3 Å². The Kier molecular flexibility index (Phi) is 9.24. The Morgan fingerprint density at radius 2 is 1.96 bits per heavy atom. The van der Waals surface area contributed by atoms with Crippen molar-refractivity contribution in [1.82, 2.24) is 10.6 Å². The van der Waals surface area contributed by atoms with E-state index >= 15 is 0 Å². The van der Waals surface area contributed by atoms with Crippen LogP contribution in [0, 0.1) is 0 Å². The molecule has 5 nitrogen and oxygen atoms in total. The summed E-state index contributed by atoms with van der Waals surface area (Å²) in [5, 5.41) is 6.89. The van der Waals surface area contributed by atoms with Crippen LogP contribution in [0.15, 0.2) is 70.8 Å². The Morgan fingerprint density at radius 3 is 2.63 bits per heavy atom. The first-order valence-electron chi connectivity index (χ1n) is 9.33. The molecular formula is C21H29IN4O. The van der Waals surface area contributed by atoms with Crippen LogP contribution in [0.5, 0.6) is 0 Å². The van der Waals surface area contributed by atoms with Gasteiger partial charge in [0.1, 0.15) is 5.76 Å². The summed E-state index contributed by atoms with van der Waals surface area (Å²) in [6.07, 6.45) is 6.56. The molecule has 1 aliphatic heterocycles. The SMILES string of the molecule is C=CCNC(=NCCc1ccco1)NC1CCN(c2ccccc2)CC1.I. The van der Waals surface area contributed by atoms with E-state index in [1.54, 1.807) is 6.26 Å². The van der Waals surface area contributed by atoms with Crippen molar-refractivity contribution in [3.63, 3.8) is 0 Å². The van der Waals surface area contributed by atoms with Gasteiger partial charge in [-0.15, -0.1) is 30.6 Å². The van der Waals surface area contributed by atoms with E-state index < -0.39 is 0 Å². The topological polar surface area (TPSA) is 52.8 Å². The molecule has 1 aliphatic rings. The third-order valence-electron chi connectivity index (χ3n) is 4.58. The highest BCUT2D eigenvalue weighted by Crippen LogP contribution is 2.19. The highest BCUT2D eigenvalue weighted by atomic mass is 127. The van der Waals surface area contributed by atoms with Gasteiger partial charge in [-0.3, -0.25) is 4.99 Å². The summed E-state index contributed by atoms with van der Waals surface area (Å²) in [5.74, 6) is 1.82. The number of piperidine rings is 1. The Labute approximate surface area is 179 Å². The van der Waals surface area contributed by atoms with Gasteiger partial charge in [-0.2, -0.15) is 0 Å².